The maximum absolute atomic E-state index is 13.2. The molecule has 136 valence electrons. The summed E-state index contributed by atoms with van der Waals surface area (Å²) < 4.78 is 40.6. The third-order valence-electron chi connectivity index (χ3n) is 4.35. The fourth-order valence-corrected chi connectivity index (χ4v) is 2.74. The van der Waals surface area contributed by atoms with Gasteiger partial charge in [-0.25, -0.2) is 4.79 Å². The molecule has 0 saturated heterocycles. The van der Waals surface area contributed by atoms with Crippen molar-refractivity contribution >= 4 is 16.9 Å². The van der Waals surface area contributed by atoms with Crippen LogP contribution in [0.5, 0.6) is 0 Å². The number of alkyl halides is 3. The average molecular weight is 371 g/mol. The first-order chi connectivity index (χ1) is 12.8. The Morgan fingerprint density at radius 2 is 2.07 bits per heavy atom. The second-order valence-electron chi connectivity index (χ2n) is 6.23. The standard InChI is InChI=1S/C18H12F3N5O/c1-2-17(5-6-17)25-15-14-13(8-11(9-23-14)18(19,20)21)26(16(27)24-15)12-4-3-7-22-10-12/h1,3-4,7-10H,5-6H2,(H,24,25,27). The van der Waals surface area contributed by atoms with Gasteiger partial charge in [0.1, 0.15) is 5.52 Å². The summed E-state index contributed by atoms with van der Waals surface area (Å²) in [7, 11) is 0. The minimum atomic E-state index is -4.61. The molecule has 0 unspecified atom stereocenters. The third kappa shape index (κ3) is 2.99. The summed E-state index contributed by atoms with van der Waals surface area (Å²) in [5.74, 6) is 2.66. The summed E-state index contributed by atoms with van der Waals surface area (Å²) >= 11 is 0. The third-order valence-corrected chi connectivity index (χ3v) is 4.35. The summed E-state index contributed by atoms with van der Waals surface area (Å²) in [6.45, 7) is 0. The summed E-state index contributed by atoms with van der Waals surface area (Å²) in [4.78, 5) is 24.4. The van der Waals surface area contributed by atoms with Crippen molar-refractivity contribution in [3.05, 3.63) is 52.8 Å². The highest BCUT2D eigenvalue weighted by Crippen LogP contribution is 2.39. The van der Waals surface area contributed by atoms with Crippen LogP contribution in [0, 0.1) is 12.3 Å². The summed E-state index contributed by atoms with van der Waals surface area (Å²) in [6, 6.07) is 3.99. The minimum Gasteiger partial charge on any atom is -0.352 e. The van der Waals surface area contributed by atoms with E-state index in [-0.39, 0.29) is 22.5 Å². The normalized spacial score (nSPS) is 15.3. The number of aromatic nitrogens is 4. The molecule has 0 amide bonds. The van der Waals surface area contributed by atoms with E-state index in [0.29, 0.717) is 19.0 Å². The van der Waals surface area contributed by atoms with Crippen molar-refractivity contribution in [2.45, 2.75) is 24.6 Å². The van der Waals surface area contributed by atoms with Gasteiger partial charge in [-0.3, -0.25) is 14.5 Å². The van der Waals surface area contributed by atoms with Gasteiger partial charge in [0.25, 0.3) is 0 Å². The molecule has 1 fully saturated rings. The lowest BCUT2D eigenvalue weighted by atomic mass is 10.2. The van der Waals surface area contributed by atoms with Crippen LogP contribution in [0.1, 0.15) is 18.4 Å². The van der Waals surface area contributed by atoms with Crippen LogP contribution in [0.15, 0.2) is 41.6 Å². The van der Waals surface area contributed by atoms with Crippen LogP contribution in [-0.2, 0) is 6.18 Å². The molecule has 0 bridgehead atoms. The topological polar surface area (TPSA) is 72.7 Å². The van der Waals surface area contributed by atoms with Crippen molar-refractivity contribution in [3.8, 4) is 18.0 Å². The Balaban J connectivity index is 2.01. The molecule has 1 aliphatic carbocycles. The largest absolute Gasteiger partial charge is 0.417 e. The van der Waals surface area contributed by atoms with Gasteiger partial charge < -0.3 is 5.32 Å². The molecule has 1 aliphatic rings. The van der Waals surface area contributed by atoms with E-state index in [1.807, 2.05) is 0 Å². The van der Waals surface area contributed by atoms with Crippen LogP contribution in [0.2, 0.25) is 0 Å². The minimum absolute atomic E-state index is 0.0341. The molecule has 0 radical (unpaired) electrons. The lowest BCUT2D eigenvalue weighted by molar-refractivity contribution is -0.137. The number of rotatable bonds is 3. The van der Waals surface area contributed by atoms with Crippen molar-refractivity contribution in [3.63, 3.8) is 0 Å². The highest BCUT2D eigenvalue weighted by molar-refractivity contribution is 5.87. The number of hydrogen-bond acceptors (Lipinski definition) is 5. The van der Waals surface area contributed by atoms with Gasteiger partial charge >= 0.3 is 11.9 Å². The Labute approximate surface area is 151 Å². The molecule has 3 aromatic heterocycles. The Morgan fingerprint density at radius 3 is 2.67 bits per heavy atom. The van der Waals surface area contributed by atoms with Crippen LogP contribution < -0.4 is 11.0 Å². The summed E-state index contributed by atoms with van der Waals surface area (Å²) in [6.07, 6.45) is 5.81. The van der Waals surface area contributed by atoms with Crippen LogP contribution in [0.4, 0.5) is 19.0 Å². The smallest absolute Gasteiger partial charge is 0.352 e. The summed E-state index contributed by atoms with van der Waals surface area (Å²) in [5, 5.41) is 2.98. The van der Waals surface area contributed by atoms with E-state index in [4.69, 9.17) is 6.42 Å². The fourth-order valence-electron chi connectivity index (χ4n) is 2.74. The first-order valence-electron chi connectivity index (χ1n) is 7.99. The zero-order chi connectivity index (χ0) is 19.2. The van der Waals surface area contributed by atoms with Gasteiger partial charge in [0.15, 0.2) is 5.82 Å². The van der Waals surface area contributed by atoms with Gasteiger partial charge in [0.2, 0.25) is 0 Å². The highest BCUT2D eigenvalue weighted by Gasteiger charge is 2.42. The first-order valence-corrected chi connectivity index (χ1v) is 7.99. The molecule has 0 spiro atoms. The van der Waals surface area contributed by atoms with Crippen molar-refractivity contribution < 1.29 is 13.2 Å². The molecule has 6 nitrogen and oxygen atoms in total. The number of pyridine rings is 2. The monoisotopic (exact) mass is 371 g/mol. The molecule has 3 heterocycles. The second-order valence-corrected chi connectivity index (χ2v) is 6.23. The van der Waals surface area contributed by atoms with E-state index in [1.165, 1.54) is 12.4 Å². The van der Waals surface area contributed by atoms with Gasteiger partial charge in [0.05, 0.1) is 28.5 Å². The molecular weight excluding hydrogens is 359 g/mol. The Morgan fingerprint density at radius 1 is 1.30 bits per heavy atom. The van der Waals surface area contributed by atoms with Gasteiger partial charge in [-0.2, -0.15) is 18.2 Å². The number of terminal acetylenes is 1. The quantitative estimate of drug-likeness (QED) is 0.717. The molecule has 1 N–H and O–H groups in total. The van der Waals surface area contributed by atoms with E-state index in [0.717, 1.165) is 10.6 Å². The van der Waals surface area contributed by atoms with Crippen LogP contribution in [-0.4, -0.2) is 25.1 Å². The van der Waals surface area contributed by atoms with Crippen molar-refractivity contribution in [1.82, 2.24) is 19.5 Å². The van der Waals surface area contributed by atoms with E-state index in [2.05, 4.69) is 26.2 Å². The van der Waals surface area contributed by atoms with E-state index in [1.54, 1.807) is 12.1 Å². The van der Waals surface area contributed by atoms with Crippen LogP contribution in [0.25, 0.3) is 16.7 Å². The molecule has 9 heteroatoms. The Bertz CT molecular complexity index is 1130. The maximum Gasteiger partial charge on any atom is 0.417 e. The van der Waals surface area contributed by atoms with Gasteiger partial charge in [-0.1, -0.05) is 5.92 Å². The van der Waals surface area contributed by atoms with Gasteiger partial charge in [-0.05, 0) is 31.0 Å². The predicted molar refractivity (Wildman–Crippen MR) is 92.4 cm³/mol. The Kier molecular flexibility index (Phi) is 3.66. The zero-order valence-corrected chi connectivity index (χ0v) is 13.8. The molecule has 27 heavy (non-hydrogen) atoms. The molecular formula is C18H12F3N5O. The molecule has 1 saturated carbocycles. The van der Waals surface area contributed by atoms with E-state index in [9.17, 15) is 18.0 Å². The number of nitrogens with one attached hydrogen (secondary N) is 1. The molecule has 4 rings (SSSR count). The van der Waals surface area contributed by atoms with Gasteiger partial charge in [-0.15, -0.1) is 6.42 Å². The first kappa shape index (κ1) is 17.0. The van der Waals surface area contributed by atoms with Crippen molar-refractivity contribution in [1.29, 1.82) is 0 Å². The number of nitrogens with zero attached hydrogens (tertiary/aromatic N) is 4. The molecule has 3 aromatic rings. The second kappa shape index (κ2) is 5.81. The zero-order valence-electron chi connectivity index (χ0n) is 13.8. The number of hydrogen-bond donors (Lipinski definition) is 1. The number of fused-ring (bicyclic) bond motifs is 1. The number of anilines is 1. The fraction of sp³-hybridized carbons (Fsp3) is 0.222. The average Bonchev–Trinajstić information content (AvgIpc) is 3.41. The molecule has 0 aromatic carbocycles. The summed E-state index contributed by atoms with van der Waals surface area (Å²) in [5.41, 5.74) is -2.00. The Hall–Kier alpha value is -3.41. The number of halogens is 3. The van der Waals surface area contributed by atoms with E-state index >= 15 is 0 Å². The lowest BCUT2D eigenvalue weighted by Crippen LogP contribution is -2.27. The SMILES string of the molecule is C#CC1(Nc2nc(=O)n(-c3cccnc3)c3cc(C(F)(F)F)cnc23)CC1. The maximum atomic E-state index is 13.2. The van der Waals surface area contributed by atoms with Crippen molar-refractivity contribution in [2.75, 3.05) is 5.32 Å². The predicted octanol–water partition coefficient (Wildman–Crippen LogP) is 2.77. The van der Waals surface area contributed by atoms with Crippen LogP contribution >= 0.6 is 0 Å². The highest BCUT2D eigenvalue weighted by atomic mass is 19.4. The van der Waals surface area contributed by atoms with Gasteiger partial charge in [0, 0.05) is 12.4 Å². The lowest BCUT2D eigenvalue weighted by Gasteiger charge is -2.17. The molecule has 0 atom stereocenters. The van der Waals surface area contributed by atoms with Crippen LogP contribution in [0.3, 0.4) is 0 Å². The van der Waals surface area contributed by atoms with E-state index < -0.39 is 23.0 Å². The van der Waals surface area contributed by atoms with Crippen molar-refractivity contribution in [2.24, 2.45) is 0 Å². The molecule has 0 aliphatic heterocycles.